The van der Waals surface area contributed by atoms with Crippen LogP contribution in [-0.4, -0.2) is 32.3 Å². The summed E-state index contributed by atoms with van der Waals surface area (Å²) in [5.41, 5.74) is 7.10. The first-order valence-electron chi connectivity index (χ1n) is 5.64. The van der Waals surface area contributed by atoms with Crippen LogP contribution in [0.4, 0.5) is 16.2 Å². The number of urea groups is 1. The molecule has 1 heterocycles. The van der Waals surface area contributed by atoms with Gasteiger partial charge in [-0.3, -0.25) is 4.90 Å². The van der Waals surface area contributed by atoms with Gasteiger partial charge in [-0.1, -0.05) is 0 Å². The number of rotatable bonds is 2. The molecule has 1 aromatic carbocycles. The van der Waals surface area contributed by atoms with E-state index in [2.05, 4.69) is 5.32 Å². The van der Waals surface area contributed by atoms with E-state index in [4.69, 9.17) is 10.5 Å². The summed E-state index contributed by atoms with van der Waals surface area (Å²) >= 11 is 0. The van der Waals surface area contributed by atoms with Gasteiger partial charge in [-0.05, 0) is 30.7 Å². The zero-order valence-electron chi connectivity index (χ0n) is 9.85. The minimum absolute atomic E-state index is 0.120. The Kier molecular flexibility index (Phi) is 3.49. The van der Waals surface area contributed by atoms with E-state index in [1.165, 1.54) is 0 Å². The van der Waals surface area contributed by atoms with Crippen LogP contribution < -0.4 is 16.0 Å². The largest absolute Gasteiger partial charge is 0.399 e. The van der Waals surface area contributed by atoms with Crippen molar-refractivity contribution in [2.75, 3.05) is 30.9 Å². The molecular weight excluding hydrogens is 218 g/mol. The standard InChI is InChI=1S/C12H17N3O2/c1-15(11-4-2-9(13)3-5-11)12(16)14-10-6-7-17-8-10/h2-5,10H,6-8,13H2,1H3,(H,14,16). The molecule has 17 heavy (non-hydrogen) atoms. The van der Waals surface area contributed by atoms with Gasteiger partial charge in [-0.15, -0.1) is 0 Å². The fraction of sp³-hybridized carbons (Fsp3) is 0.417. The highest BCUT2D eigenvalue weighted by atomic mass is 16.5. The molecule has 1 aliphatic rings. The van der Waals surface area contributed by atoms with Crippen LogP contribution in [0.2, 0.25) is 0 Å². The molecular formula is C12H17N3O2. The SMILES string of the molecule is CN(C(=O)NC1CCOC1)c1ccc(N)cc1. The van der Waals surface area contributed by atoms with Crippen molar-refractivity contribution in [3.05, 3.63) is 24.3 Å². The molecule has 1 fully saturated rings. The zero-order chi connectivity index (χ0) is 12.3. The summed E-state index contributed by atoms with van der Waals surface area (Å²) in [5.74, 6) is 0. The van der Waals surface area contributed by atoms with Crippen LogP contribution in [0.5, 0.6) is 0 Å². The molecule has 5 nitrogen and oxygen atoms in total. The van der Waals surface area contributed by atoms with Crippen LogP contribution in [0.15, 0.2) is 24.3 Å². The molecule has 92 valence electrons. The Morgan fingerprint density at radius 3 is 2.76 bits per heavy atom. The van der Waals surface area contributed by atoms with E-state index in [-0.39, 0.29) is 12.1 Å². The smallest absolute Gasteiger partial charge is 0.321 e. The Labute approximate surface area is 101 Å². The summed E-state index contributed by atoms with van der Waals surface area (Å²) in [6, 6.07) is 7.19. The van der Waals surface area contributed by atoms with Gasteiger partial charge in [0.1, 0.15) is 0 Å². The number of hydrogen-bond acceptors (Lipinski definition) is 3. The van der Waals surface area contributed by atoms with Gasteiger partial charge in [0.05, 0.1) is 12.6 Å². The number of ether oxygens (including phenoxy) is 1. The van der Waals surface area contributed by atoms with E-state index in [0.29, 0.717) is 12.3 Å². The van der Waals surface area contributed by atoms with Crippen molar-refractivity contribution in [3.8, 4) is 0 Å². The monoisotopic (exact) mass is 235 g/mol. The third kappa shape index (κ3) is 2.88. The van der Waals surface area contributed by atoms with Crippen molar-refractivity contribution < 1.29 is 9.53 Å². The van der Waals surface area contributed by atoms with E-state index >= 15 is 0 Å². The number of nitrogens with two attached hydrogens (primary N) is 1. The van der Waals surface area contributed by atoms with Crippen molar-refractivity contribution in [2.24, 2.45) is 0 Å². The summed E-state index contributed by atoms with van der Waals surface area (Å²) in [5, 5.41) is 2.92. The van der Waals surface area contributed by atoms with Gasteiger partial charge in [0.15, 0.2) is 0 Å². The molecule has 5 heteroatoms. The van der Waals surface area contributed by atoms with Crippen molar-refractivity contribution in [2.45, 2.75) is 12.5 Å². The second-order valence-electron chi connectivity index (χ2n) is 4.16. The molecule has 1 aliphatic heterocycles. The topological polar surface area (TPSA) is 67.6 Å². The molecule has 1 unspecified atom stereocenters. The molecule has 0 aromatic heterocycles. The number of hydrogen-bond donors (Lipinski definition) is 2. The van der Waals surface area contributed by atoms with Gasteiger partial charge in [-0.2, -0.15) is 0 Å². The Bertz CT molecular complexity index is 385. The van der Waals surface area contributed by atoms with E-state index in [0.717, 1.165) is 18.7 Å². The molecule has 2 amide bonds. The first-order valence-corrected chi connectivity index (χ1v) is 5.64. The fourth-order valence-corrected chi connectivity index (χ4v) is 1.73. The van der Waals surface area contributed by atoms with Gasteiger partial charge >= 0.3 is 6.03 Å². The number of nitrogens with zero attached hydrogens (tertiary/aromatic N) is 1. The lowest BCUT2D eigenvalue weighted by Gasteiger charge is -2.20. The maximum Gasteiger partial charge on any atom is 0.321 e. The quantitative estimate of drug-likeness (QED) is 0.757. The van der Waals surface area contributed by atoms with Crippen molar-refractivity contribution in [1.82, 2.24) is 5.32 Å². The van der Waals surface area contributed by atoms with Crippen molar-refractivity contribution >= 4 is 17.4 Å². The Morgan fingerprint density at radius 2 is 2.18 bits per heavy atom. The molecule has 0 aliphatic carbocycles. The minimum Gasteiger partial charge on any atom is -0.399 e. The van der Waals surface area contributed by atoms with Crippen molar-refractivity contribution in [1.29, 1.82) is 0 Å². The second kappa shape index (κ2) is 5.05. The second-order valence-corrected chi connectivity index (χ2v) is 4.16. The number of benzene rings is 1. The normalized spacial score (nSPS) is 19.0. The maximum atomic E-state index is 11.9. The maximum absolute atomic E-state index is 11.9. The first-order chi connectivity index (χ1) is 8.16. The molecule has 1 saturated heterocycles. The number of nitrogens with one attached hydrogen (secondary N) is 1. The first kappa shape index (κ1) is 11.7. The zero-order valence-corrected chi connectivity index (χ0v) is 9.85. The predicted molar refractivity (Wildman–Crippen MR) is 67.0 cm³/mol. The molecule has 1 atom stereocenters. The molecule has 0 bridgehead atoms. The number of amides is 2. The average molecular weight is 235 g/mol. The van der Waals surface area contributed by atoms with Crippen LogP contribution in [0, 0.1) is 0 Å². The molecule has 3 N–H and O–H groups in total. The number of nitrogen functional groups attached to an aromatic ring is 1. The van der Waals surface area contributed by atoms with Crippen LogP contribution >= 0.6 is 0 Å². The summed E-state index contributed by atoms with van der Waals surface area (Å²) < 4.78 is 5.21. The lowest BCUT2D eigenvalue weighted by Crippen LogP contribution is -2.43. The van der Waals surface area contributed by atoms with Gasteiger partial charge in [0.25, 0.3) is 0 Å². The van der Waals surface area contributed by atoms with Gasteiger partial charge in [0.2, 0.25) is 0 Å². The highest BCUT2D eigenvalue weighted by molar-refractivity contribution is 5.91. The van der Waals surface area contributed by atoms with Crippen LogP contribution in [-0.2, 0) is 4.74 Å². The van der Waals surface area contributed by atoms with Crippen molar-refractivity contribution in [3.63, 3.8) is 0 Å². The summed E-state index contributed by atoms with van der Waals surface area (Å²) in [6.45, 7) is 1.32. The Morgan fingerprint density at radius 1 is 1.47 bits per heavy atom. The third-order valence-electron chi connectivity index (χ3n) is 2.84. The van der Waals surface area contributed by atoms with E-state index < -0.39 is 0 Å². The Balaban J connectivity index is 1.96. The number of carbonyl (C=O) groups excluding carboxylic acids is 1. The number of anilines is 2. The lowest BCUT2D eigenvalue weighted by atomic mass is 10.2. The fourth-order valence-electron chi connectivity index (χ4n) is 1.73. The summed E-state index contributed by atoms with van der Waals surface area (Å²) in [4.78, 5) is 13.5. The van der Waals surface area contributed by atoms with Gasteiger partial charge in [0, 0.05) is 25.0 Å². The molecule has 0 radical (unpaired) electrons. The summed E-state index contributed by atoms with van der Waals surface area (Å²) in [7, 11) is 1.73. The molecule has 2 rings (SSSR count). The minimum atomic E-state index is -0.120. The highest BCUT2D eigenvalue weighted by Crippen LogP contribution is 2.15. The molecule has 1 aromatic rings. The van der Waals surface area contributed by atoms with Gasteiger partial charge < -0.3 is 15.8 Å². The van der Waals surface area contributed by atoms with E-state index in [9.17, 15) is 4.79 Å². The van der Waals surface area contributed by atoms with Crippen LogP contribution in [0.3, 0.4) is 0 Å². The van der Waals surface area contributed by atoms with E-state index in [1.54, 1.807) is 24.1 Å². The number of carbonyl (C=O) groups is 1. The molecule has 0 saturated carbocycles. The van der Waals surface area contributed by atoms with Crippen LogP contribution in [0.25, 0.3) is 0 Å². The van der Waals surface area contributed by atoms with Gasteiger partial charge in [-0.25, -0.2) is 4.79 Å². The Hall–Kier alpha value is -1.75. The highest BCUT2D eigenvalue weighted by Gasteiger charge is 2.20. The van der Waals surface area contributed by atoms with Crippen LogP contribution in [0.1, 0.15) is 6.42 Å². The lowest BCUT2D eigenvalue weighted by molar-refractivity contribution is 0.189. The third-order valence-corrected chi connectivity index (χ3v) is 2.84. The summed E-state index contributed by atoms with van der Waals surface area (Å²) in [6.07, 6.45) is 0.876. The predicted octanol–water partition coefficient (Wildman–Crippen LogP) is 1.20. The van der Waals surface area contributed by atoms with E-state index in [1.807, 2.05) is 12.1 Å². The average Bonchev–Trinajstić information content (AvgIpc) is 2.82. The molecule has 0 spiro atoms.